The normalized spacial score (nSPS) is 10.9. The summed E-state index contributed by atoms with van der Waals surface area (Å²) in [7, 11) is 1.97. The van der Waals surface area contributed by atoms with Gasteiger partial charge in [-0.2, -0.15) is 5.10 Å². The number of hydrogen-bond donors (Lipinski definition) is 1. The molecule has 4 nitrogen and oxygen atoms in total. The molecule has 16 heavy (non-hydrogen) atoms. The number of nitrogens with zero attached hydrogens (tertiary/aromatic N) is 2. The van der Waals surface area contributed by atoms with Crippen LogP contribution >= 0.6 is 11.6 Å². The third-order valence-electron chi connectivity index (χ3n) is 2.34. The lowest BCUT2D eigenvalue weighted by Crippen LogP contribution is -2.20. The van der Waals surface area contributed by atoms with Gasteiger partial charge in [-0.25, -0.2) is 0 Å². The number of aromatic nitrogens is 2. The molecule has 1 rings (SSSR count). The number of nitrogens with one attached hydrogen (secondary N) is 1. The second-order valence-corrected chi connectivity index (χ2v) is 3.98. The van der Waals surface area contributed by atoms with E-state index in [1.807, 2.05) is 24.0 Å². The molecule has 1 aromatic rings. The predicted octanol–water partition coefficient (Wildman–Crippen LogP) is 1.20. The Morgan fingerprint density at radius 3 is 3.00 bits per heavy atom. The molecule has 5 heteroatoms. The SMILES string of the molecule is Cn1nccc1CCNCCCOCCCl. The molecule has 0 saturated carbocycles. The average Bonchev–Trinajstić information content (AvgIpc) is 2.68. The Morgan fingerprint density at radius 2 is 2.31 bits per heavy atom. The topological polar surface area (TPSA) is 39.1 Å². The third-order valence-corrected chi connectivity index (χ3v) is 2.50. The molecule has 0 spiro atoms. The highest BCUT2D eigenvalue weighted by atomic mass is 35.5. The number of alkyl halides is 1. The van der Waals surface area contributed by atoms with E-state index in [1.54, 1.807) is 0 Å². The molecule has 1 N–H and O–H groups in total. The first-order valence-electron chi connectivity index (χ1n) is 5.66. The fourth-order valence-corrected chi connectivity index (χ4v) is 1.55. The molecule has 0 aliphatic heterocycles. The highest BCUT2D eigenvalue weighted by Crippen LogP contribution is 1.95. The van der Waals surface area contributed by atoms with E-state index in [2.05, 4.69) is 10.4 Å². The highest BCUT2D eigenvalue weighted by molar-refractivity contribution is 6.17. The van der Waals surface area contributed by atoms with Gasteiger partial charge in [0.15, 0.2) is 0 Å². The molecule has 0 fully saturated rings. The zero-order chi connectivity index (χ0) is 11.6. The van der Waals surface area contributed by atoms with E-state index in [9.17, 15) is 0 Å². The maximum Gasteiger partial charge on any atom is 0.0601 e. The summed E-state index contributed by atoms with van der Waals surface area (Å²) >= 11 is 5.49. The molecule has 0 saturated heterocycles. The summed E-state index contributed by atoms with van der Waals surface area (Å²) in [6.45, 7) is 3.40. The minimum absolute atomic E-state index is 0.577. The van der Waals surface area contributed by atoms with Gasteiger partial charge in [-0.15, -0.1) is 11.6 Å². The van der Waals surface area contributed by atoms with E-state index in [1.165, 1.54) is 5.69 Å². The van der Waals surface area contributed by atoms with Gasteiger partial charge < -0.3 is 10.1 Å². The van der Waals surface area contributed by atoms with Crippen molar-refractivity contribution in [1.29, 1.82) is 0 Å². The molecule has 0 unspecified atom stereocenters. The van der Waals surface area contributed by atoms with Crippen molar-refractivity contribution in [2.75, 3.05) is 32.2 Å². The van der Waals surface area contributed by atoms with E-state index in [0.717, 1.165) is 32.5 Å². The lowest BCUT2D eigenvalue weighted by molar-refractivity contribution is 0.146. The maximum atomic E-state index is 5.49. The Bertz CT molecular complexity index is 278. The largest absolute Gasteiger partial charge is 0.380 e. The van der Waals surface area contributed by atoms with Gasteiger partial charge in [0.25, 0.3) is 0 Å². The van der Waals surface area contributed by atoms with Crippen LogP contribution in [0.25, 0.3) is 0 Å². The molecule has 0 aliphatic carbocycles. The molecule has 0 radical (unpaired) electrons. The second kappa shape index (κ2) is 8.56. The van der Waals surface area contributed by atoms with E-state index in [-0.39, 0.29) is 0 Å². The van der Waals surface area contributed by atoms with Crippen LogP contribution in [0.4, 0.5) is 0 Å². The fourth-order valence-electron chi connectivity index (χ4n) is 1.44. The summed E-state index contributed by atoms with van der Waals surface area (Å²) in [5.41, 5.74) is 1.26. The van der Waals surface area contributed by atoms with Crippen LogP contribution < -0.4 is 5.32 Å². The van der Waals surface area contributed by atoms with Crippen molar-refractivity contribution in [1.82, 2.24) is 15.1 Å². The van der Waals surface area contributed by atoms with Gasteiger partial charge in [-0.1, -0.05) is 0 Å². The van der Waals surface area contributed by atoms with Gasteiger partial charge in [0.1, 0.15) is 0 Å². The minimum atomic E-state index is 0.577. The molecule has 92 valence electrons. The summed E-state index contributed by atoms with van der Waals surface area (Å²) in [4.78, 5) is 0. The number of aryl methyl sites for hydroxylation is 1. The van der Waals surface area contributed by atoms with E-state index in [0.29, 0.717) is 12.5 Å². The number of hydrogen-bond acceptors (Lipinski definition) is 3. The molecule has 0 aromatic carbocycles. The first kappa shape index (κ1) is 13.5. The fraction of sp³-hybridized carbons (Fsp3) is 0.727. The maximum absolute atomic E-state index is 5.49. The Hall–Kier alpha value is -0.580. The van der Waals surface area contributed by atoms with Crippen molar-refractivity contribution in [2.24, 2.45) is 7.05 Å². The van der Waals surface area contributed by atoms with Crippen molar-refractivity contribution in [3.63, 3.8) is 0 Å². The van der Waals surface area contributed by atoms with Gasteiger partial charge in [0.05, 0.1) is 6.61 Å². The lowest BCUT2D eigenvalue weighted by Gasteiger charge is -2.05. The van der Waals surface area contributed by atoms with E-state index < -0.39 is 0 Å². The first-order chi connectivity index (χ1) is 7.84. The van der Waals surface area contributed by atoms with Gasteiger partial charge in [-0.3, -0.25) is 4.68 Å². The minimum Gasteiger partial charge on any atom is -0.380 e. The summed E-state index contributed by atoms with van der Waals surface area (Å²) < 4.78 is 7.18. The summed E-state index contributed by atoms with van der Waals surface area (Å²) in [5.74, 6) is 0.577. The van der Waals surface area contributed by atoms with Crippen molar-refractivity contribution in [3.8, 4) is 0 Å². The van der Waals surface area contributed by atoms with Gasteiger partial charge in [-0.05, 0) is 19.0 Å². The van der Waals surface area contributed by atoms with Crippen LogP contribution in [0.1, 0.15) is 12.1 Å². The van der Waals surface area contributed by atoms with Crippen molar-refractivity contribution in [3.05, 3.63) is 18.0 Å². The smallest absolute Gasteiger partial charge is 0.0601 e. The predicted molar refractivity (Wildman–Crippen MR) is 65.9 cm³/mol. The number of halogens is 1. The van der Waals surface area contributed by atoms with Gasteiger partial charge in [0.2, 0.25) is 0 Å². The molecular weight excluding hydrogens is 226 g/mol. The summed E-state index contributed by atoms with van der Waals surface area (Å²) in [6, 6.07) is 2.05. The van der Waals surface area contributed by atoms with Crippen LogP contribution in [-0.4, -0.2) is 42.0 Å². The first-order valence-corrected chi connectivity index (χ1v) is 6.19. The van der Waals surface area contributed by atoms with Crippen LogP contribution in [0.3, 0.4) is 0 Å². The Morgan fingerprint density at radius 1 is 1.44 bits per heavy atom. The monoisotopic (exact) mass is 245 g/mol. The van der Waals surface area contributed by atoms with Crippen LogP contribution in [0.2, 0.25) is 0 Å². The van der Waals surface area contributed by atoms with Gasteiger partial charge in [0, 0.05) is 44.4 Å². The van der Waals surface area contributed by atoms with Crippen LogP contribution in [0, 0.1) is 0 Å². The van der Waals surface area contributed by atoms with Crippen molar-refractivity contribution >= 4 is 11.6 Å². The van der Waals surface area contributed by atoms with Crippen molar-refractivity contribution < 1.29 is 4.74 Å². The quantitative estimate of drug-likeness (QED) is 0.525. The standard InChI is InChI=1S/C11H20ClN3O/c1-15-11(4-8-14-15)3-7-13-6-2-9-16-10-5-12/h4,8,13H,2-3,5-7,9-10H2,1H3. The molecule has 0 bridgehead atoms. The molecule has 0 atom stereocenters. The van der Waals surface area contributed by atoms with Crippen LogP contribution in [0.5, 0.6) is 0 Å². The molecule has 0 aliphatic rings. The van der Waals surface area contributed by atoms with Crippen LogP contribution in [-0.2, 0) is 18.2 Å². The number of rotatable bonds is 9. The molecule has 1 heterocycles. The Labute approximate surface area is 102 Å². The molecule has 0 amide bonds. The summed E-state index contributed by atoms with van der Waals surface area (Å²) in [6.07, 6.45) is 3.87. The van der Waals surface area contributed by atoms with E-state index in [4.69, 9.17) is 16.3 Å². The Balaban J connectivity index is 1.91. The highest BCUT2D eigenvalue weighted by Gasteiger charge is 1.97. The number of ether oxygens (including phenoxy) is 1. The van der Waals surface area contributed by atoms with E-state index >= 15 is 0 Å². The summed E-state index contributed by atoms with van der Waals surface area (Å²) in [5, 5.41) is 7.50. The Kier molecular flexibility index (Phi) is 7.21. The third kappa shape index (κ3) is 5.49. The van der Waals surface area contributed by atoms with Crippen molar-refractivity contribution in [2.45, 2.75) is 12.8 Å². The molecular formula is C11H20ClN3O. The average molecular weight is 246 g/mol. The molecule has 1 aromatic heterocycles. The second-order valence-electron chi connectivity index (χ2n) is 3.60. The lowest BCUT2D eigenvalue weighted by atomic mass is 10.3. The van der Waals surface area contributed by atoms with Crippen LogP contribution in [0.15, 0.2) is 12.3 Å². The zero-order valence-electron chi connectivity index (χ0n) is 9.79. The zero-order valence-corrected chi connectivity index (χ0v) is 10.5. The van der Waals surface area contributed by atoms with Gasteiger partial charge >= 0.3 is 0 Å².